The molecule has 6 rings (SSSR count). The van der Waals surface area contributed by atoms with E-state index in [0.717, 1.165) is 17.4 Å². The number of pyridine rings is 1. The Balaban J connectivity index is 1.37. The minimum atomic E-state index is -3.81. The third kappa shape index (κ3) is 8.15. The number of ether oxygens (including phenoxy) is 3. The van der Waals surface area contributed by atoms with Crippen LogP contribution in [0.5, 0.6) is 11.5 Å². The van der Waals surface area contributed by atoms with E-state index in [0.29, 0.717) is 22.7 Å². The number of amides is 2. The molecule has 2 amide bonds. The Morgan fingerprint density at radius 3 is 2.61 bits per heavy atom. The third-order valence-corrected chi connectivity index (χ3v) is 10.1. The number of sulfonamides is 1. The van der Waals surface area contributed by atoms with Crippen molar-refractivity contribution in [2.45, 2.75) is 76.3 Å². The first-order chi connectivity index (χ1) is 23.3. The highest BCUT2D eigenvalue weighted by Gasteiger charge is 2.45. The first-order valence-corrected chi connectivity index (χ1v) is 18.2. The molecule has 2 N–H and O–H groups in total. The smallest absolute Gasteiger partial charge is 0.408 e. The Morgan fingerprint density at radius 2 is 1.92 bits per heavy atom. The van der Waals surface area contributed by atoms with Gasteiger partial charge in [0.2, 0.25) is 15.9 Å². The van der Waals surface area contributed by atoms with Crippen molar-refractivity contribution in [3.63, 3.8) is 0 Å². The van der Waals surface area contributed by atoms with E-state index in [-0.39, 0.29) is 55.3 Å². The molecule has 2 saturated heterocycles. The fourth-order valence-electron chi connectivity index (χ4n) is 6.28. The van der Waals surface area contributed by atoms with Gasteiger partial charge in [0.15, 0.2) is 0 Å². The number of methoxy groups -OCH3 is 1. The van der Waals surface area contributed by atoms with Gasteiger partial charge in [0.25, 0.3) is 0 Å². The SMILES string of the molecule is C=CC1CC1N=C1NS(=O)(=O)CCCC(NC(=O)OC(C)(C)C)C(=O)N2CC(Oc3cc(-c4ccccc4)nc4cc(OC)ccc34)CC12. The molecule has 0 spiro atoms. The van der Waals surface area contributed by atoms with E-state index < -0.39 is 39.9 Å². The molecule has 13 heteroatoms. The molecular formula is C36H43N5O7S. The van der Waals surface area contributed by atoms with Crippen molar-refractivity contribution in [3.8, 4) is 22.8 Å². The van der Waals surface area contributed by atoms with Gasteiger partial charge < -0.3 is 24.4 Å². The number of hydrogen-bond donors (Lipinski definition) is 2. The molecule has 1 aliphatic carbocycles. The highest BCUT2D eigenvalue weighted by Crippen LogP contribution is 2.37. The molecule has 12 nitrogen and oxygen atoms in total. The van der Waals surface area contributed by atoms with Crippen molar-refractivity contribution < 1.29 is 32.2 Å². The molecule has 3 heterocycles. The van der Waals surface area contributed by atoms with Crippen LogP contribution in [0.2, 0.25) is 0 Å². The van der Waals surface area contributed by atoms with Gasteiger partial charge in [-0.3, -0.25) is 14.5 Å². The molecular weight excluding hydrogens is 646 g/mol. The largest absolute Gasteiger partial charge is 0.497 e. The maximum atomic E-state index is 14.3. The van der Waals surface area contributed by atoms with Gasteiger partial charge in [0, 0.05) is 35.4 Å². The fraction of sp³-hybridized carbons (Fsp3) is 0.444. The summed E-state index contributed by atoms with van der Waals surface area (Å²) in [7, 11) is -2.21. The Kier molecular flexibility index (Phi) is 9.56. The average molecular weight is 690 g/mol. The standard InChI is InChI=1S/C36H43N5O7S/c1-6-22-17-28(22)38-33-31-19-25(21-41(31)34(42)27(13-10-16-49(44,45)40-33)39-35(43)48-36(2,3)4)47-32-20-29(23-11-8-7-9-12-23)37-30-18-24(46-5)14-15-26(30)32/h6-9,11-12,14-15,18,20,22,25,27-28,31H,1,10,13,16-17,19,21H2,2-5H3,(H,38,40)(H,39,43). The minimum absolute atomic E-state index is 0.110. The highest BCUT2D eigenvalue weighted by atomic mass is 32.2. The van der Waals surface area contributed by atoms with Gasteiger partial charge >= 0.3 is 6.09 Å². The normalized spacial score (nSPS) is 26.0. The quantitative estimate of drug-likeness (QED) is 0.335. The van der Waals surface area contributed by atoms with Crippen molar-refractivity contribution in [1.29, 1.82) is 0 Å². The van der Waals surface area contributed by atoms with Gasteiger partial charge in [0.1, 0.15) is 35.1 Å². The fourth-order valence-corrected chi connectivity index (χ4v) is 7.44. The summed E-state index contributed by atoms with van der Waals surface area (Å²) in [6, 6.07) is 15.3. The lowest BCUT2D eigenvalue weighted by molar-refractivity contribution is -0.133. The van der Waals surface area contributed by atoms with E-state index in [9.17, 15) is 18.0 Å². The van der Waals surface area contributed by atoms with Crippen molar-refractivity contribution in [2.24, 2.45) is 10.9 Å². The molecule has 3 aromatic rings. The Bertz CT molecular complexity index is 1880. The van der Waals surface area contributed by atoms with Gasteiger partial charge in [-0.2, -0.15) is 0 Å². The Labute approximate surface area is 287 Å². The number of carbonyl (C=O) groups is 2. The van der Waals surface area contributed by atoms with E-state index in [1.807, 2.05) is 60.7 Å². The molecule has 0 radical (unpaired) electrons. The van der Waals surface area contributed by atoms with Crippen molar-refractivity contribution in [3.05, 3.63) is 67.3 Å². The van der Waals surface area contributed by atoms with Crippen LogP contribution in [0, 0.1) is 5.92 Å². The number of nitrogens with one attached hydrogen (secondary N) is 2. The number of carbonyl (C=O) groups excluding carboxylic acids is 2. The number of fused-ring (bicyclic) bond motifs is 2. The number of aliphatic imine (C=N–C) groups is 1. The van der Waals surface area contributed by atoms with Crippen LogP contribution in [0.15, 0.2) is 72.2 Å². The molecule has 1 aromatic heterocycles. The number of nitrogens with zero attached hydrogens (tertiary/aromatic N) is 3. The average Bonchev–Trinajstić information content (AvgIpc) is 3.68. The summed E-state index contributed by atoms with van der Waals surface area (Å²) in [5.41, 5.74) is 1.49. The molecule has 0 bridgehead atoms. The molecule has 260 valence electrons. The molecule has 3 fully saturated rings. The van der Waals surface area contributed by atoms with Gasteiger partial charge in [-0.1, -0.05) is 36.4 Å². The number of amidine groups is 1. The summed E-state index contributed by atoms with van der Waals surface area (Å²) in [5, 5.41) is 3.46. The molecule has 2 aliphatic heterocycles. The van der Waals surface area contributed by atoms with Gasteiger partial charge in [-0.15, -0.1) is 6.58 Å². The van der Waals surface area contributed by atoms with E-state index in [1.165, 1.54) is 0 Å². The van der Waals surface area contributed by atoms with Crippen LogP contribution < -0.4 is 19.5 Å². The van der Waals surface area contributed by atoms with Gasteiger partial charge in [-0.25, -0.2) is 18.2 Å². The molecule has 3 aliphatic rings. The summed E-state index contributed by atoms with van der Waals surface area (Å²) in [6.07, 6.45) is 1.77. The van der Waals surface area contributed by atoms with Crippen molar-refractivity contribution in [1.82, 2.24) is 19.9 Å². The number of benzene rings is 2. The number of aromatic nitrogens is 1. The molecule has 2 aromatic carbocycles. The van der Waals surface area contributed by atoms with Crippen LogP contribution in [0.25, 0.3) is 22.2 Å². The minimum Gasteiger partial charge on any atom is -0.497 e. The van der Waals surface area contributed by atoms with Crippen molar-refractivity contribution in [2.75, 3.05) is 19.4 Å². The second-order valence-electron chi connectivity index (χ2n) is 13.7. The van der Waals surface area contributed by atoms with Crippen LogP contribution >= 0.6 is 0 Å². The first-order valence-electron chi connectivity index (χ1n) is 16.5. The van der Waals surface area contributed by atoms with Crippen LogP contribution in [0.3, 0.4) is 0 Å². The van der Waals surface area contributed by atoms with Crippen molar-refractivity contribution >= 4 is 38.8 Å². The van der Waals surface area contributed by atoms with E-state index >= 15 is 0 Å². The maximum Gasteiger partial charge on any atom is 0.408 e. The lowest BCUT2D eigenvalue weighted by Gasteiger charge is -2.31. The molecule has 5 unspecified atom stereocenters. The first kappa shape index (κ1) is 34.2. The summed E-state index contributed by atoms with van der Waals surface area (Å²) in [6.45, 7) is 9.20. The number of alkyl carbamates (subject to hydrolysis) is 1. The molecule has 49 heavy (non-hydrogen) atoms. The maximum absolute atomic E-state index is 14.3. The lowest BCUT2D eigenvalue weighted by Crippen LogP contribution is -2.55. The summed E-state index contributed by atoms with van der Waals surface area (Å²) in [5.74, 6) is 0.937. The van der Waals surface area contributed by atoms with Crippen LogP contribution in [-0.2, 0) is 19.6 Å². The Morgan fingerprint density at radius 1 is 1.14 bits per heavy atom. The van der Waals surface area contributed by atoms with Gasteiger partial charge in [0.05, 0.1) is 42.7 Å². The van der Waals surface area contributed by atoms with E-state index in [2.05, 4.69) is 16.6 Å². The summed E-state index contributed by atoms with van der Waals surface area (Å²) in [4.78, 5) is 38.4. The lowest BCUT2D eigenvalue weighted by atomic mass is 10.1. The van der Waals surface area contributed by atoms with Crippen LogP contribution in [0.4, 0.5) is 4.79 Å². The monoisotopic (exact) mass is 689 g/mol. The zero-order chi connectivity index (χ0) is 34.9. The molecule has 5 atom stereocenters. The second kappa shape index (κ2) is 13.7. The second-order valence-corrected chi connectivity index (χ2v) is 15.6. The zero-order valence-corrected chi connectivity index (χ0v) is 29.0. The number of hydrogen-bond acceptors (Lipinski definition) is 9. The van der Waals surface area contributed by atoms with E-state index in [4.69, 9.17) is 24.2 Å². The predicted molar refractivity (Wildman–Crippen MR) is 187 cm³/mol. The number of rotatable bonds is 7. The highest BCUT2D eigenvalue weighted by molar-refractivity contribution is 7.90. The predicted octanol–water partition coefficient (Wildman–Crippen LogP) is 4.84. The van der Waals surface area contributed by atoms with Gasteiger partial charge in [-0.05, 0) is 52.2 Å². The van der Waals surface area contributed by atoms with Crippen LogP contribution in [0.1, 0.15) is 46.5 Å². The Hall–Kier alpha value is -4.65. The summed E-state index contributed by atoms with van der Waals surface area (Å²) >= 11 is 0. The van der Waals surface area contributed by atoms with Crippen LogP contribution in [-0.4, -0.2) is 85.4 Å². The summed E-state index contributed by atoms with van der Waals surface area (Å²) < 4.78 is 47.0. The topological polar surface area (TPSA) is 149 Å². The molecule has 1 saturated carbocycles. The third-order valence-electron chi connectivity index (χ3n) is 8.77. The van der Waals surface area contributed by atoms with E-state index in [1.54, 1.807) is 32.8 Å². The zero-order valence-electron chi connectivity index (χ0n) is 28.2.